The highest BCUT2D eigenvalue weighted by Crippen LogP contribution is 2.05. The molecule has 3 nitrogen and oxygen atoms in total. The summed E-state index contributed by atoms with van der Waals surface area (Å²) in [5.74, 6) is -0.277. The van der Waals surface area contributed by atoms with Crippen LogP contribution in [0.2, 0.25) is 0 Å². The molecule has 1 N–H and O–H groups in total. The van der Waals surface area contributed by atoms with Crippen molar-refractivity contribution < 1.29 is 9.53 Å². The molecule has 0 atom stereocenters. The third kappa shape index (κ3) is 4.95. The van der Waals surface area contributed by atoms with E-state index in [9.17, 15) is 4.79 Å². The van der Waals surface area contributed by atoms with E-state index >= 15 is 0 Å². The van der Waals surface area contributed by atoms with Crippen molar-refractivity contribution in [3.63, 3.8) is 0 Å². The topological polar surface area (TPSA) is 38.3 Å². The van der Waals surface area contributed by atoms with Gasteiger partial charge < -0.3 is 10.1 Å². The van der Waals surface area contributed by atoms with Gasteiger partial charge in [-0.25, -0.2) is 4.79 Å². The van der Waals surface area contributed by atoms with Gasteiger partial charge in [0.1, 0.15) is 0 Å². The van der Waals surface area contributed by atoms with Gasteiger partial charge in [-0.2, -0.15) is 0 Å². The Morgan fingerprint density at radius 1 is 1.35 bits per heavy atom. The number of thiocarbonyl (C=S) groups is 1. The number of carbonyl (C=O) groups excluding carboxylic acids is 1. The molecule has 0 heterocycles. The molecule has 0 aromatic heterocycles. The van der Waals surface area contributed by atoms with E-state index in [0.29, 0.717) is 12.2 Å². The average Bonchev–Trinajstić information content (AvgIpc) is 2.34. The summed E-state index contributed by atoms with van der Waals surface area (Å²) >= 11 is 4.99. The maximum Gasteiger partial charge on any atom is 0.338 e. The summed E-state index contributed by atoms with van der Waals surface area (Å²) in [4.78, 5) is 12.4. The van der Waals surface area contributed by atoms with Crippen LogP contribution < -0.4 is 5.32 Å². The maximum atomic E-state index is 11.6. The normalized spacial score (nSPS) is 9.76. The van der Waals surface area contributed by atoms with E-state index in [1.54, 1.807) is 19.2 Å². The van der Waals surface area contributed by atoms with Crippen molar-refractivity contribution in [2.24, 2.45) is 0 Å². The molecule has 92 valence electrons. The number of ether oxygens (including phenoxy) is 1. The molecule has 0 saturated heterocycles. The molecular formula is C13H17NO2S. The van der Waals surface area contributed by atoms with Gasteiger partial charge in [-0.1, -0.05) is 29.9 Å². The molecule has 0 aliphatic carbocycles. The van der Waals surface area contributed by atoms with E-state index in [2.05, 4.69) is 5.32 Å². The Kier molecular flexibility index (Phi) is 5.63. The van der Waals surface area contributed by atoms with Crippen molar-refractivity contribution >= 4 is 23.2 Å². The second-order valence-electron chi connectivity index (χ2n) is 3.78. The minimum atomic E-state index is -0.277. The molecule has 1 aromatic carbocycles. The first-order valence-corrected chi connectivity index (χ1v) is 5.98. The fourth-order valence-electron chi connectivity index (χ4n) is 1.30. The Balaban J connectivity index is 2.30. The highest BCUT2D eigenvalue weighted by Gasteiger charge is 2.05. The van der Waals surface area contributed by atoms with Gasteiger partial charge in [0.05, 0.1) is 17.2 Å². The predicted molar refractivity (Wildman–Crippen MR) is 72.4 cm³/mol. The van der Waals surface area contributed by atoms with Gasteiger partial charge >= 0.3 is 5.97 Å². The van der Waals surface area contributed by atoms with Crippen LogP contribution in [-0.2, 0) is 4.74 Å². The van der Waals surface area contributed by atoms with Gasteiger partial charge in [0.2, 0.25) is 0 Å². The predicted octanol–water partition coefficient (Wildman–Crippen LogP) is 2.48. The highest BCUT2D eigenvalue weighted by molar-refractivity contribution is 7.80. The fraction of sp³-hybridized carbons (Fsp3) is 0.385. The van der Waals surface area contributed by atoms with Crippen LogP contribution in [0.3, 0.4) is 0 Å². The van der Waals surface area contributed by atoms with Crippen LogP contribution in [0, 0.1) is 6.92 Å². The second kappa shape index (κ2) is 7.01. The number of hydrogen-bond acceptors (Lipinski definition) is 3. The lowest BCUT2D eigenvalue weighted by Crippen LogP contribution is -2.16. The SMILES string of the molecule is CNC(=S)CCCOC(=O)c1ccc(C)cc1. The Hall–Kier alpha value is -1.42. The van der Waals surface area contributed by atoms with Crippen LogP contribution in [0.25, 0.3) is 0 Å². The van der Waals surface area contributed by atoms with Crippen molar-refractivity contribution in [1.82, 2.24) is 5.32 Å². The van der Waals surface area contributed by atoms with E-state index in [-0.39, 0.29) is 5.97 Å². The Labute approximate surface area is 107 Å². The zero-order chi connectivity index (χ0) is 12.7. The molecule has 1 aromatic rings. The maximum absolute atomic E-state index is 11.6. The molecule has 1 rings (SSSR count). The van der Waals surface area contributed by atoms with E-state index in [0.717, 1.165) is 23.4 Å². The second-order valence-corrected chi connectivity index (χ2v) is 4.27. The molecule has 0 unspecified atom stereocenters. The lowest BCUT2D eigenvalue weighted by molar-refractivity contribution is 0.0502. The van der Waals surface area contributed by atoms with Crippen LogP contribution in [0.15, 0.2) is 24.3 Å². The third-order valence-corrected chi connectivity index (χ3v) is 2.76. The molecule has 0 spiro atoms. The summed E-state index contributed by atoms with van der Waals surface area (Å²) in [6, 6.07) is 7.34. The minimum Gasteiger partial charge on any atom is -0.462 e. The minimum absolute atomic E-state index is 0.277. The summed E-state index contributed by atoms with van der Waals surface area (Å²) in [5.41, 5.74) is 1.72. The summed E-state index contributed by atoms with van der Waals surface area (Å²) in [6.45, 7) is 2.38. The van der Waals surface area contributed by atoms with E-state index in [1.165, 1.54) is 0 Å². The Morgan fingerprint density at radius 3 is 2.59 bits per heavy atom. The quantitative estimate of drug-likeness (QED) is 0.496. The van der Waals surface area contributed by atoms with Crippen molar-refractivity contribution in [3.8, 4) is 0 Å². The van der Waals surface area contributed by atoms with Crippen LogP contribution in [-0.4, -0.2) is 24.6 Å². The monoisotopic (exact) mass is 251 g/mol. The van der Waals surface area contributed by atoms with E-state index < -0.39 is 0 Å². The molecule has 0 saturated carbocycles. The number of aryl methyl sites for hydroxylation is 1. The zero-order valence-corrected chi connectivity index (χ0v) is 11.0. The molecule has 0 radical (unpaired) electrons. The average molecular weight is 251 g/mol. The molecule has 0 aliphatic heterocycles. The largest absolute Gasteiger partial charge is 0.462 e. The van der Waals surface area contributed by atoms with Crippen molar-refractivity contribution in [2.75, 3.05) is 13.7 Å². The lowest BCUT2D eigenvalue weighted by Gasteiger charge is -2.05. The van der Waals surface area contributed by atoms with Crippen molar-refractivity contribution in [1.29, 1.82) is 0 Å². The highest BCUT2D eigenvalue weighted by atomic mass is 32.1. The number of nitrogens with one attached hydrogen (secondary N) is 1. The summed E-state index contributed by atoms with van der Waals surface area (Å²) in [7, 11) is 1.79. The van der Waals surface area contributed by atoms with Gasteiger partial charge in [-0.05, 0) is 25.5 Å². The number of carbonyl (C=O) groups is 1. The molecule has 0 amide bonds. The molecule has 17 heavy (non-hydrogen) atoms. The molecular weight excluding hydrogens is 234 g/mol. The van der Waals surface area contributed by atoms with Gasteiger partial charge in [-0.3, -0.25) is 0 Å². The molecule has 0 bridgehead atoms. The first kappa shape index (κ1) is 13.6. The molecule has 4 heteroatoms. The van der Waals surface area contributed by atoms with E-state index in [4.69, 9.17) is 17.0 Å². The standard InChI is InChI=1S/C13H17NO2S/c1-10-5-7-11(8-6-10)13(15)16-9-3-4-12(17)14-2/h5-8H,3-4,9H2,1-2H3,(H,14,17). The molecule has 0 fully saturated rings. The number of hydrogen-bond donors (Lipinski definition) is 1. The van der Waals surface area contributed by atoms with Gasteiger partial charge in [0, 0.05) is 13.5 Å². The van der Waals surface area contributed by atoms with Gasteiger partial charge in [0.25, 0.3) is 0 Å². The zero-order valence-electron chi connectivity index (χ0n) is 10.2. The van der Waals surface area contributed by atoms with Crippen LogP contribution in [0.1, 0.15) is 28.8 Å². The van der Waals surface area contributed by atoms with Gasteiger partial charge in [0.15, 0.2) is 0 Å². The van der Waals surface area contributed by atoms with Crippen molar-refractivity contribution in [2.45, 2.75) is 19.8 Å². The van der Waals surface area contributed by atoms with Crippen LogP contribution in [0.4, 0.5) is 0 Å². The van der Waals surface area contributed by atoms with Crippen LogP contribution in [0.5, 0.6) is 0 Å². The molecule has 0 aliphatic rings. The Bertz CT molecular complexity index is 387. The summed E-state index contributed by atoms with van der Waals surface area (Å²) < 4.78 is 5.14. The smallest absolute Gasteiger partial charge is 0.338 e. The lowest BCUT2D eigenvalue weighted by atomic mass is 10.1. The Morgan fingerprint density at radius 2 is 2.00 bits per heavy atom. The summed E-state index contributed by atoms with van der Waals surface area (Å²) in [5, 5.41) is 2.88. The van der Waals surface area contributed by atoms with Gasteiger partial charge in [-0.15, -0.1) is 0 Å². The summed E-state index contributed by atoms with van der Waals surface area (Å²) in [6.07, 6.45) is 1.49. The number of rotatable bonds is 5. The number of esters is 1. The third-order valence-electron chi connectivity index (χ3n) is 2.35. The number of benzene rings is 1. The van der Waals surface area contributed by atoms with Crippen molar-refractivity contribution in [3.05, 3.63) is 35.4 Å². The van der Waals surface area contributed by atoms with Crippen LogP contribution >= 0.6 is 12.2 Å². The first-order chi connectivity index (χ1) is 8.13. The first-order valence-electron chi connectivity index (χ1n) is 5.58. The fourth-order valence-corrected chi connectivity index (χ4v) is 1.44. The van der Waals surface area contributed by atoms with E-state index in [1.807, 2.05) is 19.1 Å².